The third-order valence-electron chi connectivity index (χ3n) is 5.41. The molecule has 0 saturated heterocycles. The zero-order valence-electron chi connectivity index (χ0n) is 19.4. The average molecular weight is 501 g/mol. The van der Waals surface area contributed by atoms with Gasteiger partial charge in [0.1, 0.15) is 5.75 Å². The van der Waals surface area contributed by atoms with E-state index in [0.717, 1.165) is 51.2 Å². The van der Waals surface area contributed by atoms with E-state index in [4.69, 9.17) is 14.5 Å². The molecule has 2 aromatic heterocycles. The summed E-state index contributed by atoms with van der Waals surface area (Å²) in [5, 5.41) is 3.25. The van der Waals surface area contributed by atoms with Crippen molar-refractivity contribution in [1.82, 2.24) is 14.5 Å². The molecule has 0 saturated carbocycles. The second kappa shape index (κ2) is 10.2. The van der Waals surface area contributed by atoms with Crippen molar-refractivity contribution in [3.8, 4) is 17.1 Å². The molecule has 1 aliphatic rings. The number of esters is 1. The Bertz CT molecular complexity index is 1140. The number of nitrogens with one attached hydrogen (secondary N) is 1. The highest BCUT2D eigenvalue weighted by molar-refractivity contribution is 9.10. The van der Waals surface area contributed by atoms with Gasteiger partial charge in [-0.15, -0.1) is 0 Å². The van der Waals surface area contributed by atoms with Crippen molar-refractivity contribution in [3.63, 3.8) is 0 Å². The van der Waals surface area contributed by atoms with Crippen LogP contribution in [0.2, 0.25) is 0 Å². The van der Waals surface area contributed by atoms with Crippen LogP contribution in [0.3, 0.4) is 0 Å². The number of ether oxygens (including phenoxy) is 2. The minimum Gasteiger partial charge on any atom is -0.495 e. The Hall–Kier alpha value is -2.87. The van der Waals surface area contributed by atoms with Crippen LogP contribution in [0.4, 0.5) is 11.6 Å². The SMILES string of the molecule is CC.CCOC(=O)c1c2c(n(C)c1C)-c1nc(Nc3ccc(Br)cc3OC)ncc1CC2. The Kier molecular flexibility index (Phi) is 7.56. The fourth-order valence-corrected chi connectivity index (χ4v) is 4.24. The van der Waals surface area contributed by atoms with E-state index in [1.54, 1.807) is 7.11 Å². The molecule has 1 N–H and O–H groups in total. The van der Waals surface area contributed by atoms with Gasteiger partial charge in [0.2, 0.25) is 5.95 Å². The highest BCUT2D eigenvalue weighted by Crippen LogP contribution is 2.38. The molecule has 0 radical (unpaired) electrons. The number of benzene rings is 1. The fourth-order valence-electron chi connectivity index (χ4n) is 3.90. The highest BCUT2D eigenvalue weighted by Gasteiger charge is 2.30. The lowest BCUT2D eigenvalue weighted by molar-refractivity contribution is 0.0524. The van der Waals surface area contributed by atoms with Gasteiger partial charge in [-0.3, -0.25) is 0 Å². The smallest absolute Gasteiger partial charge is 0.340 e. The number of hydrogen-bond acceptors (Lipinski definition) is 6. The molecule has 0 amide bonds. The van der Waals surface area contributed by atoms with Crippen LogP contribution in [0.1, 0.15) is 48.0 Å². The van der Waals surface area contributed by atoms with Crippen molar-refractivity contribution in [2.75, 3.05) is 19.0 Å². The fraction of sp³-hybridized carbons (Fsp3) is 0.375. The molecule has 32 heavy (non-hydrogen) atoms. The second-order valence-corrected chi connectivity index (χ2v) is 8.02. The number of carbonyl (C=O) groups is 1. The number of halogens is 1. The third-order valence-corrected chi connectivity index (χ3v) is 5.90. The maximum Gasteiger partial charge on any atom is 0.340 e. The van der Waals surface area contributed by atoms with Gasteiger partial charge in [-0.2, -0.15) is 0 Å². The van der Waals surface area contributed by atoms with Gasteiger partial charge >= 0.3 is 5.97 Å². The molecule has 4 rings (SSSR count). The summed E-state index contributed by atoms with van der Waals surface area (Å²) in [5.74, 6) is 0.881. The maximum absolute atomic E-state index is 12.6. The standard InChI is InChI=1S/C22H23BrN4O3.C2H6/c1-5-30-21(28)18-12(2)27(3)20-15(18)8-6-13-11-24-22(26-19(13)20)25-16-9-7-14(23)10-17(16)29-4;1-2/h7,9-11H,5-6,8H2,1-4H3,(H,24,25,26);1-2H3. The minimum atomic E-state index is -0.276. The van der Waals surface area contributed by atoms with E-state index >= 15 is 0 Å². The largest absolute Gasteiger partial charge is 0.495 e. The summed E-state index contributed by atoms with van der Waals surface area (Å²) < 4.78 is 13.7. The van der Waals surface area contributed by atoms with Crippen LogP contribution < -0.4 is 10.1 Å². The van der Waals surface area contributed by atoms with Crippen LogP contribution in [0.25, 0.3) is 11.4 Å². The van der Waals surface area contributed by atoms with E-state index < -0.39 is 0 Å². The molecular formula is C24H29BrN4O3. The molecule has 8 heteroatoms. The predicted octanol–water partition coefficient (Wildman–Crippen LogP) is 5.61. The lowest BCUT2D eigenvalue weighted by atomic mass is 9.92. The first-order chi connectivity index (χ1) is 15.4. The van der Waals surface area contributed by atoms with Crippen LogP contribution >= 0.6 is 15.9 Å². The summed E-state index contributed by atoms with van der Waals surface area (Å²) in [7, 11) is 3.58. The van der Waals surface area contributed by atoms with E-state index in [2.05, 4.69) is 26.2 Å². The Labute approximate surface area is 197 Å². The molecule has 3 aromatic rings. The number of fused-ring (bicyclic) bond motifs is 3. The van der Waals surface area contributed by atoms with Crippen LogP contribution in [0.15, 0.2) is 28.9 Å². The molecule has 7 nitrogen and oxygen atoms in total. The third kappa shape index (κ3) is 4.37. The summed E-state index contributed by atoms with van der Waals surface area (Å²) in [5.41, 5.74) is 6.15. The van der Waals surface area contributed by atoms with Gasteiger partial charge in [-0.1, -0.05) is 29.8 Å². The molecule has 0 bridgehead atoms. The number of methoxy groups -OCH3 is 1. The average Bonchev–Trinajstić information content (AvgIpc) is 3.06. The molecule has 170 valence electrons. The van der Waals surface area contributed by atoms with E-state index in [1.807, 2.05) is 63.7 Å². The Morgan fingerprint density at radius 1 is 1.28 bits per heavy atom. The van der Waals surface area contributed by atoms with E-state index in [-0.39, 0.29) is 5.97 Å². The quantitative estimate of drug-likeness (QED) is 0.458. The van der Waals surface area contributed by atoms with Gasteiger partial charge in [0.15, 0.2) is 0 Å². The van der Waals surface area contributed by atoms with Gasteiger partial charge in [0, 0.05) is 23.4 Å². The number of carbonyl (C=O) groups excluding carboxylic acids is 1. The minimum absolute atomic E-state index is 0.276. The van der Waals surface area contributed by atoms with Crippen LogP contribution in [-0.4, -0.2) is 34.2 Å². The number of aromatic nitrogens is 3. The molecule has 1 aliphatic carbocycles. The first kappa shape index (κ1) is 23.8. The molecular weight excluding hydrogens is 472 g/mol. The van der Waals surface area contributed by atoms with Crippen molar-refractivity contribution in [2.24, 2.45) is 7.05 Å². The summed E-state index contributed by atoms with van der Waals surface area (Å²) in [4.78, 5) is 21.9. The van der Waals surface area contributed by atoms with Crippen LogP contribution in [-0.2, 0) is 24.6 Å². The van der Waals surface area contributed by atoms with Crippen molar-refractivity contribution in [2.45, 2.75) is 40.5 Å². The number of nitrogens with zero attached hydrogens (tertiary/aromatic N) is 3. The summed E-state index contributed by atoms with van der Waals surface area (Å²) in [6.07, 6.45) is 3.39. The molecule has 0 fully saturated rings. The number of rotatable bonds is 5. The predicted molar refractivity (Wildman–Crippen MR) is 130 cm³/mol. The van der Waals surface area contributed by atoms with Crippen molar-refractivity contribution in [1.29, 1.82) is 0 Å². The van der Waals surface area contributed by atoms with Crippen molar-refractivity contribution in [3.05, 3.63) is 51.3 Å². The highest BCUT2D eigenvalue weighted by atomic mass is 79.9. The van der Waals surface area contributed by atoms with Crippen molar-refractivity contribution < 1.29 is 14.3 Å². The van der Waals surface area contributed by atoms with E-state index in [1.165, 1.54) is 0 Å². The normalized spacial score (nSPS) is 11.6. The van der Waals surface area contributed by atoms with Crippen molar-refractivity contribution >= 4 is 33.5 Å². The maximum atomic E-state index is 12.6. The summed E-state index contributed by atoms with van der Waals surface area (Å²) >= 11 is 3.45. The van der Waals surface area contributed by atoms with Gasteiger partial charge < -0.3 is 19.4 Å². The monoisotopic (exact) mass is 500 g/mol. The lowest BCUT2D eigenvalue weighted by Crippen LogP contribution is -2.12. The zero-order chi connectivity index (χ0) is 23.4. The second-order valence-electron chi connectivity index (χ2n) is 7.10. The number of anilines is 2. The Morgan fingerprint density at radius 3 is 2.72 bits per heavy atom. The lowest BCUT2D eigenvalue weighted by Gasteiger charge is -2.19. The van der Waals surface area contributed by atoms with Gasteiger partial charge in [0.05, 0.1) is 36.4 Å². The van der Waals surface area contributed by atoms with Crippen LogP contribution in [0, 0.1) is 6.92 Å². The first-order valence-corrected chi connectivity index (χ1v) is 11.6. The van der Waals surface area contributed by atoms with Gasteiger partial charge in [-0.25, -0.2) is 14.8 Å². The summed E-state index contributed by atoms with van der Waals surface area (Å²) in [6.45, 7) is 8.11. The van der Waals surface area contributed by atoms with Gasteiger partial charge in [-0.05, 0) is 56.0 Å². The molecule has 2 heterocycles. The first-order valence-electron chi connectivity index (χ1n) is 10.8. The molecule has 0 spiro atoms. The number of aryl methyl sites for hydroxylation is 1. The topological polar surface area (TPSA) is 78.3 Å². The Balaban J connectivity index is 0.00000141. The molecule has 0 unspecified atom stereocenters. The summed E-state index contributed by atoms with van der Waals surface area (Å²) in [6, 6.07) is 5.71. The van der Waals surface area contributed by atoms with Crippen LogP contribution in [0.5, 0.6) is 5.75 Å². The Morgan fingerprint density at radius 2 is 2.03 bits per heavy atom. The van der Waals surface area contributed by atoms with E-state index in [0.29, 0.717) is 23.9 Å². The van der Waals surface area contributed by atoms with E-state index in [9.17, 15) is 4.79 Å². The molecule has 0 atom stereocenters. The number of hydrogen-bond donors (Lipinski definition) is 1. The van der Waals surface area contributed by atoms with Gasteiger partial charge in [0.25, 0.3) is 0 Å². The molecule has 1 aromatic carbocycles. The molecule has 0 aliphatic heterocycles. The zero-order valence-corrected chi connectivity index (χ0v) is 21.0.